The van der Waals surface area contributed by atoms with Crippen molar-refractivity contribution in [1.29, 1.82) is 0 Å². The zero-order chi connectivity index (χ0) is 36.3. The van der Waals surface area contributed by atoms with Crippen LogP contribution in [0, 0.1) is 0 Å². The molecule has 8 rings (SSSR count). The third kappa shape index (κ3) is 7.13. The van der Waals surface area contributed by atoms with Gasteiger partial charge in [0.15, 0.2) is 23.0 Å². The van der Waals surface area contributed by atoms with Crippen LogP contribution in [0.5, 0.6) is 23.0 Å². The second-order valence-electron chi connectivity index (χ2n) is 13.4. The van der Waals surface area contributed by atoms with Crippen molar-refractivity contribution in [2.24, 2.45) is 9.98 Å². The number of rotatable bonds is 11. The van der Waals surface area contributed by atoms with E-state index in [1.54, 1.807) is 31.3 Å². The number of hydrogen-bond acceptors (Lipinski definition) is 9. The van der Waals surface area contributed by atoms with E-state index in [1.165, 1.54) is 11.1 Å². The van der Waals surface area contributed by atoms with Crippen LogP contribution in [0.1, 0.15) is 46.3 Å². The maximum absolute atomic E-state index is 13.7. The van der Waals surface area contributed by atoms with Gasteiger partial charge in [0, 0.05) is 61.2 Å². The summed E-state index contributed by atoms with van der Waals surface area (Å²) in [6.07, 6.45) is 14.3. The molecule has 1 amide bonds. The van der Waals surface area contributed by atoms with Gasteiger partial charge in [-0.05, 0) is 59.4 Å². The summed E-state index contributed by atoms with van der Waals surface area (Å²) in [6, 6.07) is 25.6. The summed E-state index contributed by atoms with van der Waals surface area (Å²) < 4.78 is 23.7. The molecule has 10 nitrogen and oxygen atoms in total. The Kier molecular flexibility index (Phi) is 9.41. The van der Waals surface area contributed by atoms with Gasteiger partial charge in [-0.15, -0.1) is 0 Å². The lowest BCUT2D eigenvalue weighted by Crippen LogP contribution is -2.32. The van der Waals surface area contributed by atoms with E-state index in [4.69, 9.17) is 34.7 Å². The Morgan fingerprint density at radius 1 is 0.774 bits per heavy atom. The molecule has 0 saturated heterocycles. The van der Waals surface area contributed by atoms with E-state index >= 15 is 0 Å². The number of anilines is 1. The van der Waals surface area contributed by atoms with Crippen LogP contribution in [-0.2, 0) is 6.54 Å². The van der Waals surface area contributed by atoms with E-state index in [0.717, 1.165) is 34.5 Å². The van der Waals surface area contributed by atoms with Crippen molar-refractivity contribution in [3.63, 3.8) is 0 Å². The van der Waals surface area contributed by atoms with Gasteiger partial charge in [-0.25, -0.2) is 0 Å². The Balaban J connectivity index is 0.887. The first-order valence-electron chi connectivity index (χ1n) is 17.8. The van der Waals surface area contributed by atoms with E-state index < -0.39 is 0 Å². The van der Waals surface area contributed by atoms with E-state index in [2.05, 4.69) is 35.4 Å². The smallest absolute Gasteiger partial charge is 0.260 e. The lowest BCUT2D eigenvalue weighted by Gasteiger charge is -2.21. The SMILES string of the molecule is COc1cc2c(cc1OCCCOc1cc3c(cc1OC)C(=O)N1C=C(C=Cc4ccccc4)CC1C=N3)N=CC1CC(c3ccc(N)cc3)=CN1C2. The molecule has 2 unspecified atom stereocenters. The lowest BCUT2D eigenvalue weighted by molar-refractivity contribution is 0.0817. The molecule has 53 heavy (non-hydrogen) atoms. The molecule has 0 bridgehead atoms. The van der Waals surface area contributed by atoms with Gasteiger partial charge in [0.1, 0.15) is 0 Å². The number of nitrogens with zero attached hydrogens (tertiary/aromatic N) is 4. The van der Waals surface area contributed by atoms with Crippen LogP contribution in [0.2, 0.25) is 0 Å². The standard InChI is InChI=1S/C43H41N5O5/c1-50-39-19-32-27-47-26-31(30-11-13-33(44)14-12-30)18-34(47)23-45-37(32)21-41(39)52-15-6-16-53-42-22-38-36(20-40(42)51-2)43(49)48-25-29(17-35(48)24-46-38)10-9-28-7-4-3-5-8-28/h3-5,7-14,19-26,34-35H,6,15-18,27,44H2,1-2H3. The number of methoxy groups -OCH3 is 2. The Morgan fingerprint density at radius 3 is 2.23 bits per heavy atom. The summed E-state index contributed by atoms with van der Waals surface area (Å²) in [5, 5.41) is 0. The Labute approximate surface area is 309 Å². The molecule has 4 heterocycles. The average Bonchev–Trinajstić information content (AvgIpc) is 3.72. The summed E-state index contributed by atoms with van der Waals surface area (Å²) >= 11 is 0. The molecular formula is C43H41N5O5. The van der Waals surface area contributed by atoms with Crippen LogP contribution in [-0.4, -0.2) is 67.7 Å². The zero-order valence-corrected chi connectivity index (χ0v) is 29.8. The Morgan fingerprint density at radius 2 is 1.47 bits per heavy atom. The molecule has 2 atom stereocenters. The second-order valence-corrected chi connectivity index (χ2v) is 13.4. The van der Waals surface area contributed by atoms with Crippen molar-refractivity contribution in [3.05, 3.63) is 125 Å². The van der Waals surface area contributed by atoms with E-state index in [9.17, 15) is 4.79 Å². The van der Waals surface area contributed by atoms with Crippen molar-refractivity contribution >= 4 is 47.0 Å². The van der Waals surface area contributed by atoms with Crippen molar-refractivity contribution in [3.8, 4) is 23.0 Å². The molecule has 0 saturated carbocycles. The first-order valence-corrected chi connectivity index (χ1v) is 17.8. The van der Waals surface area contributed by atoms with Gasteiger partial charge in [-0.1, -0.05) is 54.6 Å². The predicted octanol–water partition coefficient (Wildman–Crippen LogP) is 7.99. The van der Waals surface area contributed by atoms with Crippen molar-refractivity contribution < 1.29 is 23.7 Å². The van der Waals surface area contributed by atoms with Gasteiger partial charge in [-0.3, -0.25) is 14.8 Å². The summed E-state index contributed by atoms with van der Waals surface area (Å²) in [7, 11) is 3.22. The van der Waals surface area contributed by atoms with Gasteiger partial charge in [0.25, 0.3) is 5.91 Å². The van der Waals surface area contributed by atoms with Crippen molar-refractivity contribution in [2.45, 2.75) is 37.9 Å². The molecule has 4 aromatic rings. The van der Waals surface area contributed by atoms with Gasteiger partial charge in [0.2, 0.25) is 0 Å². The molecule has 0 fully saturated rings. The number of amides is 1. The zero-order valence-electron chi connectivity index (χ0n) is 29.8. The van der Waals surface area contributed by atoms with Crippen LogP contribution in [0.4, 0.5) is 17.1 Å². The van der Waals surface area contributed by atoms with E-state index in [-0.39, 0.29) is 18.0 Å². The third-order valence-electron chi connectivity index (χ3n) is 9.89. The minimum atomic E-state index is -0.157. The molecule has 4 aliphatic rings. The fourth-order valence-corrected chi connectivity index (χ4v) is 7.06. The number of carbonyl (C=O) groups is 1. The molecule has 268 valence electrons. The van der Waals surface area contributed by atoms with Crippen LogP contribution in [0.3, 0.4) is 0 Å². The van der Waals surface area contributed by atoms with E-state index in [1.807, 2.05) is 73.2 Å². The number of nitrogen functional groups attached to an aromatic ring is 1. The van der Waals surface area contributed by atoms with Gasteiger partial charge >= 0.3 is 0 Å². The summed E-state index contributed by atoms with van der Waals surface area (Å²) in [5.74, 6) is 2.16. The highest BCUT2D eigenvalue weighted by Crippen LogP contribution is 2.41. The van der Waals surface area contributed by atoms with E-state index in [0.29, 0.717) is 66.8 Å². The number of ether oxygens (including phenoxy) is 4. The molecule has 0 spiro atoms. The maximum Gasteiger partial charge on any atom is 0.260 e. The maximum atomic E-state index is 13.7. The Bertz CT molecular complexity index is 2170. The van der Waals surface area contributed by atoms with Gasteiger partial charge in [0.05, 0.1) is 56.5 Å². The number of benzene rings is 4. The quantitative estimate of drug-likeness (QED) is 0.124. The summed E-state index contributed by atoms with van der Waals surface area (Å²) in [5.41, 5.74) is 14.2. The number of carbonyl (C=O) groups excluding carboxylic acids is 1. The highest BCUT2D eigenvalue weighted by Gasteiger charge is 2.33. The summed E-state index contributed by atoms with van der Waals surface area (Å²) in [6.45, 7) is 1.48. The van der Waals surface area contributed by atoms with Crippen LogP contribution >= 0.6 is 0 Å². The van der Waals surface area contributed by atoms with Gasteiger partial charge < -0.3 is 34.5 Å². The molecule has 4 aromatic carbocycles. The molecular weight excluding hydrogens is 667 g/mol. The normalized spacial score (nSPS) is 18.4. The van der Waals surface area contributed by atoms with Crippen molar-refractivity contribution in [2.75, 3.05) is 33.2 Å². The number of allylic oxidation sites excluding steroid dienone is 1. The first-order chi connectivity index (χ1) is 25.9. The monoisotopic (exact) mass is 707 g/mol. The minimum absolute atomic E-state index is 0.123. The molecule has 2 N–H and O–H groups in total. The van der Waals surface area contributed by atoms with Crippen LogP contribution < -0.4 is 24.7 Å². The largest absolute Gasteiger partial charge is 0.493 e. The molecule has 10 heteroatoms. The summed E-state index contributed by atoms with van der Waals surface area (Å²) in [4.78, 5) is 27.3. The van der Waals surface area contributed by atoms with Crippen LogP contribution in [0.15, 0.2) is 113 Å². The van der Waals surface area contributed by atoms with Crippen LogP contribution in [0.25, 0.3) is 11.6 Å². The first kappa shape index (κ1) is 33.8. The fraction of sp³-hybridized carbons (Fsp3) is 0.233. The molecule has 4 aliphatic heterocycles. The fourth-order valence-electron chi connectivity index (χ4n) is 7.06. The number of fused-ring (bicyclic) bond motifs is 4. The molecule has 0 radical (unpaired) electrons. The number of nitrogens with two attached hydrogens (primary N) is 1. The average molecular weight is 708 g/mol. The minimum Gasteiger partial charge on any atom is -0.493 e. The predicted molar refractivity (Wildman–Crippen MR) is 209 cm³/mol. The Hall–Kier alpha value is -6.29. The highest BCUT2D eigenvalue weighted by molar-refractivity contribution is 6.04. The highest BCUT2D eigenvalue weighted by atomic mass is 16.5. The third-order valence-corrected chi connectivity index (χ3v) is 9.89. The second kappa shape index (κ2) is 14.7. The molecule has 0 aliphatic carbocycles. The lowest BCUT2D eigenvalue weighted by atomic mass is 10.0. The number of hydrogen-bond donors (Lipinski definition) is 1. The number of aliphatic imine (C=N–C) groups is 2. The molecule has 0 aromatic heterocycles. The van der Waals surface area contributed by atoms with Crippen molar-refractivity contribution in [1.82, 2.24) is 9.80 Å². The topological polar surface area (TPSA) is 111 Å². The van der Waals surface area contributed by atoms with Gasteiger partial charge in [-0.2, -0.15) is 0 Å².